The summed E-state index contributed by atoms with van der Waals surface area (Å²) in [6, 6.07) is 22.3. The molecule has 1 heterocycles. The zero-order chi connectivity index (χ0) is 24.8. The van der Waals surface area contributed by atoms with E-state index in [9.17, 15) is 4.79 Å². The number of benzene rings is 3. The van der Waals surface area contributed by atoms with Gasteiger partial charge in [-0.1, -0.05) is 53.7 Å². The second-order valence-corrected chi connectivity index (χ2v) is 8.62. The zero-order valence-electron chi connectivity index (χ0n) is 20.2. The van der Waals surface area contributed by atoms with Gasteiger partial charge in [0.15, 0.2) is 0 Å². The monoisotopic (exact) mass is 471 g/mol. The fourth-order valence-corrected chi connectivity index (χ4v) is 4.08. The highest BCUT2D eigenvalue weighted by molar-refractivity contribution is 5.74. The summed E-state index contributed by atoms with van der Waals surface area (Å²) in [5, 5.41) is 13.1. The van der Waals surface area contributed by atoms with Gasteiger partial charge in [0.2, 0.25) is 5.82 Å². The normalized spacial score (nSPS) is 11.2. The van der Waals surface area contributed by atoms with Crippen LogP contribution in [0.2, 0.25) is 0 Å². The quantitative estimate of drug-likeness (QED) is 0.330. The second-order valence-electron chi connectivity index (χ2n) is 8.62. The first-order chi connectivity index (χ1) is 16.9. The molecule has 1 aromatic heterocycles. The van der Waals surface area contributed by atoms with E-state index in [0.717, 1.165) is 27.8 Å². The minimum absolute atomic E-state index is 0.109. The van der Waals surface area contributed by atoms with Gasteiger partial charge in [0.25, 0.3) is 5.89 Å². The minimum atomic E-state index is -0.800. The van der Waals surface area contributed by atoms with Crippen LogP contribution < -0.4 is 0 Å². The van der Waals surface area contributed by atoms with Crippen LogP contribution in [0.25, 0.3) is 34.0 Å². The Bertz CT molecular complexity index is 1320. The molecule has 1 N–H and O–H groups in total. The Morgan fingerprint density at radius 1 is 1.03 bits per heavy atom. The van der Waals surface area contributed by atoms with Crippen molar-refractivity contribution in [3.63, 3.8) is 0 Å². The van der Waals surface area contributed by atoms with Gasteiger partial charge >= 0.3 is 5.97 Å². The summed E-state index contributed by atoms with van der Waals surface area (Å²) < 4.78 is 11.1. The fourth-order valence-electron chi connectivity index (χ4n) is 4.08. The summed E-state index contributed by atoms with van der Waals surface area (Å²) in [6.07, 6.45) is 0.109. The Kier molecular flexibility index (Phi) is 7.70. The predicted octanol–water partition coefficient (Wildman–Crippen LogP) is 5.43. The molecule has 0 aliphatic rings. The molecule has 35 heavy (non-hydrogen) atoms. The summed E-state index contributed by atoms with van der Waals surface area (Å²) >= 11 is 0. The summed E-state index contributed by atoms with van der Waals surface area (Å²) in [5.74, 6) is 0.148. The van der Waals surface area contributed by atoms with E-state index in [0.29, 0.717) is 31.4 Å². The Labute approximate surface area is 205 Å². The summed E-state index contributed by atoms with van der Waals surface area (Å²) in [5.41, 5.74) is 7.26. The first-order valence-electron chi connectivity index (χ1n) is 11.5. The number of aromatic nitrogens is 2. The lowest BCUT2D eigenvalue weighted by molar-refractivity contribution is -0.137. The first kappa shape index (κ1) is 24.3. The molecule has 0 amide bonds. The number of aliphatic carboxylic acids is 1. The third kappa shape index (κ3) is 6.01. The van der Waals surface area contributed by atoms with E-state index in [2.05, 4.69) is 35.3 Å². The van der Waals surface area contributed by atoms with Crippen LogP contribution in [0, 0.1) is 6.92 Å². The highest BCUT2D eigenvalue weighted by Gasteiger charge is 2.15. The molecule has 0 aliphatic carbocycles. The molecule has 0 atom stereocenters. The van der Waals surface area contributed by atoms with Crippen LogP contribution in [0.5, 0.6) is 0 Å². The second kappa shape index (κ2) is 11.1. The van der Waals surface area contributed by atoms with Crippen molar-refractivity contribution in [2.75, 3.05) is 20.7 Å². The fraction of sp³-hybridized carbons (Fsp3) is 0.250. The topological polar surface area (TPSA) is 88.7 Å². The van der Waals surface area contributed by atoms with Gasteiger partial charge < -0.3 is 19.3 Å². The lowest BCUT2D eigenvalue weighted by Gasteiger charge is -2.15. The van der Waals surface area contributed by atoms with Gasteiger partial charge in [-0.15, -0.1) is 0 Å². The van der Waals surface area contributed by atoms with Crippen molar-refractivity contribution in [2.24, 2.45) is 0 Å². The van der Waals surface area contributed by atoms with E-state index >= 15 is 0 Å². The maximum atomic E-state index is 10.8. The van der Waals surface area contributed by atoms with Gasteiger partial charge in [-0.25, -0.2) is 0 Å². The van der Waals surface area contributed by atoms with Crippen LogP contribution in [0.15, 0.2) is 71.3 Å². The highest BCUT2D eigenvalue weighted by atomic mass is 16.5. The standard InChI is InChI=1S/C28H29N3O4/c1-19-7-4-5-10-24(19)25-12-11-22(16-23(25)18-34-3)28-29-27(30-35-28)21-9-6-8-20(15-21)17-31(2)14-13-26(32)33/h4-12,15-16H,13-14,17-18H2,1-3H3,(H,32,33). The number of ether oxygens (including phenoxy) is 1. The molecule has 4 rings (SSSR count). The van der Waals surface area contributed by atoms with Crippen molar-refractivity contribution in [2.45, 2.75) is 26.5 Å². The molecule has 7 heteroatoms. The molecule has 0 radical (unpaired) electrons. The number of aryl methyl sites for hydroxylation is 1. The van der Waals surface area contributed by atoms with E-state index in [1.165, 1.54) is 11.1 Å². The van der Waals surface area contributed by atoms with Crippen LogP contribution in [-0.4, -0.2) is 46.8 Å². The van der Waals surface area contributed by atoms with Crippen LogP contribution in [0.1, 0.15) is 23.1 Å². The van der Waals surface area contributed by atoms with Crippen LogP contribution in [0.4, 0.5) is 0 Å². The molecule has 180 valence electrons. The highest BCUT2D eigenvalue weighted by Crippen LogP contribution is 2.31. The van der Waals surface area contributed by atoms with E-state index in [-0.39, 0.29) is 6.42 Å². The number of carboxylic acid groups (broad SMARTS) is 1. The van der Waals surface area contributed by atoms with Gasteiger partial charge in [-0.05, 0) is 60.0 Å². The van der Waals surface area contributed by atoms with Crippen molar-refractivity contribution in [3.8, 4) is 34.0 Å². The maximum absolute atomic E-state index is 10.8. The molecule has 4 aromatic rings. The zero-order valence-corrected chi connectivity index (χ0v) is 20.2. The van der Waals surface area contributed by atoms with E-state index in [1.54, 1.807) is 7.11 Å². The number of methoxy groups -OCH3 is 1. The van der Waals surface area contributed by atoms with Crippen LogP contribution >= 0.6 is 0 Å². The molecule has 0 bridgehead atoms. The molecule has 0 unspecified atom stereocenters. The number of hydrogen-bond acceptors (Lipinski definition) is 6. The lowest BCUT2D eigenvalue weighted by atomic mass is 9.94. The van der Waals surface area contributed by atoms with Gasteiger partial charge in [0.05, 0.1) is 13.0 Å². The van der Waals surface area contributed by atoms with Crippen molar-refractivity contribution in [1.82, 2.24) is 15.0 Å². The van der Waals surface area contributed by atoms with Crippen molar-refractivity contribution < 1.29 is 19.2 Å². The molecule has 0 saturated heterocycles. The third-order valence-electron chi connectivity index (χ3n) is 5.86. The lowest BCUT2D eigenvalue weighted by Crippen LogP contribution is -2.21. The average Bonchev–Trinajstić information content (AvgIpc) is 3.34. The Morgan fingerprint density at radius 2 is 1.86 bits per heavy atom. The van der Waals surface area contributed by atoms with E-state index in [1.807, 2.05) is 60.5 Å². The molecule has 0 fully saturated rings. The minimum Gasteiger partial charge on any atom is -0.481 e. The Hall–Kier alpha value is -3.81. The number of hydrogen-bond donors (Lipinski definition) is 1. The van der Waals surface area contributed by atoms with Gasteiger partial charge in [-0.2, -0.15) is 4.98 Å². The predicted molar refractivity (Wildman–Crippen MR) is 135 cm³/mol. The number of carboxylic acids is 1. The number of nitrogens with zero attached hydrogens (tertiary/aromatic N) is 3. The average molecular weight is 472 g/mol. The maximum Gasteiger partial charge on any atom is 0.304 e. The largest absolute Gasteiger partial charge is 0.481 e. The van der Waals surface area contributed by atoms with Gasteiger partial charge in [0.1, 0.15) is 0 Å². The van der Waals surface area contributed by atoms with E-state index in [4.69, 9.17) is 14.4 Å². The molecule has 0 aliphatic heterocycles. The first-order valence-corrected chi connectivity index (χ1v) is 11.5. The SMILES string of the molecule is COCc1cc(-c2nc(-c3cccc(CN(C)CCC(=O)O)c3)no2)ccc1-c1ccccc1C. The van der Waals surface area contributed by atoms with Crippen molar-refractivity contribution in [3.05, 3.63) is 83.4 Å². The molecule has 0 saturated carbocycles. The molecule has 0 spiro atoms. The van der Waals surface area contributed by atoms with E-state index < -0.39 is 5.97 Å². The summed E-state index contributed by atoms with van der Waals surface area (Å²) in [6.45, 7) is 3.68. The summed E-state index contributed by atoms with van der Waals surface area (Å²) in [4.78, 5) is 17.4. The van der Waals surface area contributed by atoms with Crippen molar-refractivity contribution in [1.29, 1.82) is 0 Å². The molecule has 3 aromatic carbocycles. The molecular formula is C28H29N3O4. The van der Waals surface area contributed by atoms with Crippen LogP contribution in [-0.2, 0) is 22.7 Å². The van der Waals surface area contributed by atoms with Gasteiger partial charge in [-0.3, -0.25) is 4.79 Å². The third-order valence-corrected chi connectivity index (χ3v) is 5.86. The summed E-state index contributed by atoms with van der Waals surface area (Å²) in [7, 11) is 3.59. The Morgan fingerprint density at radius 3 is 2.63 bits per heavy atom. The smallest absolute Gasteiger partial charge is 0.304 e. The van der Waals surface area contributed by atoms with Crippen LogP contribution in [0.3, 0.4) is 0 Å². The Balaban J connectivity index is 1.57. The molecule has 7 nitrogen and oxygen atoms in total. The number of carbonyl (C=O) groups is 1. The molecular weight excluding hydrogens is 442 g/mol. The van der Waals surface area contributed by atoms with Crippen molar-refractivity contribution >= 4 is 5.97 Å². The van der Waals surface area contributed by atoms with Gasteiger partial charge in [0, 0.05) is 31.3 Å². The number of rotatable bonds is 10.